The zero-order valence-electron chi connectivity index (χ0n) is 40.3. The summed E-state index contributed by atoms with van der Waals surface area (Å²) in [4.78, 5) is 96.5. The third-order valence-electron chi connectivity index (χ3n) is 11.4. The molecule has 1 aliphatic carbocycles. The number of nitrogens with zero attached hydrogens (tertiary/aromatic N) is 1. The van der Waals surface area contributed by atoms with Crippen LogP contribution in [-0.4, -0.2) is 114 Å². The van der Waals surface area contributed by atoms with Gasteiger partial charge in [-0.2, -0.15) is 0 Å². The smallest absolute Gasteiger partial charge is 0.407 e. The number of unbranched alkanes of at least 4 members (excludes halogenated alkanes) is 1. The summed E-state index contributed by atoms with van der Waals surface area (Å²) in [6.45, 7) is 13.0. The molecule has 0 spiro atoms. The number of rotatable bonds is 19. The van der Waals surface area contributed by atoms with Gasteiger partial charge in [-0.3, -0.25) is 19.2 Å². The highest BCUT2D eigenvalue weighted by molar-refractivity contribution is 5.96. The molecular weight excluding hydrogens is 875 g/mol. The van der Waals surface area contributed by atoms with E-state index in [2.05, 4.69) is 21.3 Å². The fourth-order valence-corrected chi connectivity index (χ4v) is 8.21. The Hall–Kier alpha value is -6.49. The number of ether oxygens (including phenoxy) is 4. The lowest BCUT2D eigenvalue weighted by Crippen LogP contribution is -2.59. The minimum atomic E-state index is -1.66. The number of benzene rings is 3. The number of carbonyl (C=O) groups excluding carboxylic acids is 7. The lowest BCUT2D eigenvalue weighted by Gasteiger charge is -2.32. The number of carbonyl (C=O) groups is 7. The standard InChI is InChI=1S/C51H67N5O12/c1-49(2,3)66-42(58)29-39(54-44(60)40(30-57)55-48(64)65-31-37-35-23-14-12-21-33(35)34-22-13-15-24-36(34)37)43(59)53-38(25-16-17-27-52-47(63)68-50(4,5)6)45(61)56-28-18-26-41(56)46(62)67-51(7,8)32-19-10-9-11-20-32/h9-15,19-24,37-41,57H,16-18,25-31H2,1-8H3,(H,52,63)(H,53,59)(H,54,60)(H,55,64)/t38-,39-,40-,41-/m0/s1. The van der Waals surface area contributed by atoms with Gasteiger partial charge in [0, 0.05) is 19.0 Å². The van der Waals surface area contributed by atoms with E-state index in [1.54, 1.807) is 55.4 Å². The number of nitrogens with one attached hydrogen (secondary N) is 4. The number of alkyl carbamates (subject to hydrolysis) is 2. The number of likely N-dealkylation sites (tertiary alicyclic amines) is 1. The van der Waals surface area contributed by atoms with E-state index in [1.807, 2.05) is 78.9 Å². The van der Waals surface area contributed by atoms with Crippen LogP contribution in [0.4, 0.5) is 9.59 Å². The first-order chi connectivity index (χ1) is 32.1. The zero-order valence-corrected chi connectivity index (χ0v) is 40.3. The lowest BCUT2D eigenvalue weighted by atomic mass is 9.98. The predicted molar refractivity (Wildman–Crippen MR) is 252 cm³/mol. The normalized spacial score (nSPS) is 16.0. The third-order valence-corrected chi connectivity index (χ3v) is 11.4. The zero-order chi connectivity index (χ0) is 49.8. The average Bonchev–Trinajstić information content (AvgIpc) is 3.89. The summed E-state index contributed by atoms with van der Waals surface area (Å²) in [5, 5.41) is 20.5. The van der Waals surface area contributed by atoms with Crippen LogP contribution in [0.3, 0.4) is 0 Å². The van der Waals surface area contributed by atoms with Gasteiger partial charge in [-0.25, -0.2) is 14.4 Å². The summed E-state index contributed by atoms with van der Waals surface area (Å²) in [6, 6.07) is 19.2. The molecule has 68 heavy (non-hydrogen) atoms. The molecule has 1 fully saturated rings. The summed E-state index contributed by atoms with van der Waals surface area (Å²) in [6.07, 6.45) is -0.822. The molecule has 0 unspecified atom stereocenters. The summed E-state index contributed by atoms with van der Waals surface area (Å²) >= 11 is 0. The molecule has 3 aromatic rings. The van der Waals surface area contributed by atoms with Crippen molar-refractivity contribution in [1.29, 1.82) is 0 Å². The van der Waals surface area contributed by atoms with Crippen LogP contribution >= 0.6 is 0 Å². The summed E-state index contributed by atoms with van der Waals surface area (Å²) in [5.41, 5.74) is 2.02. The van der Waals surface area contributed by atoms with Crippen LogP contribution in [0.5, 0.6) is 0 Å². The Labute approximate surface area is 398 Å². The molecule has 5 amide bonds. The Morgan fingerprint density at radius 3 is 1.85 bits per heavy atom. The van der Waals surface area contributed by atoms with Crippen molar-refractivity contribution in [2.45, 2.75) is 141 Å². The molecule has 1 heterocycles. The van der Waals surface area contributed by atoms with Crippen molar-refractivity contribution in [2.75, 3.05) is 26.3 Å². The molecule has 3 aromatic carbocycles. The molecule has 1 saturated heterocycles. The quantitative estimate of drug-likeness (QED) is 0.0550. The van der Waals surface area contributed by atoms with Gasteiger partial charge < -0.3 is 50.2 Å². The number of hydrogen-bond acceptors (Lipinski definition) is 12. The molecule has 5 N–H and O–H groups in total. The fourth-order valence-electron chi connectivity index (χ4n) is 8.21. The average molecular weight is 942 g/mol. The van der Waals surface area contributed by atoms with E-state index in [0.29, 0.717) is 25.7 Å². The monoisotopic (exact) mass is 941 g/mol. The van der Waals surface area contributed by atoms with Gasteiger partial charge in [0.1, 0.15) is 47.6 Å². The topological polar surface area (TPSA) is 228 Å². The molecule has 0 saturated carbocycles. The SMILES string of the molecule is CC(C)(C)OC(=O)C[C@H](NC(=O)[C@H](CO)NC(=O)OCC1c2ccccc2-c2ccccc21)C(=O)N[C@@H](CCCCNC(=O)OC(C)(C)C)C(=O)N1CCC[C@H]1C(=O)OC(C)(C)c1ccccc1. The highest BCUT2D eigenvalue weighted by atomic mass is 16.6. The van der Waals surface area contributed by atoms with Crippen LogP contribution in [0.25, 0.3) is 11.1 Å². The Kier molecular flexibility index (Phi) is 17.8. The highest BCUT2D eigenvalue weighted by Gasteiger charge is 2.42. The van der Waals surface area contributed by atoms with Gasteiger partial charge in [-0.15, -0.1) is 0 Å². The highest BCUT2D eigenvalue weighted by Crippen LogP contribution is 2.44. The van der Waals surface area contributed by atoms with Crippen molar-refractivity contribution in [3.63, 3.8) is 0 Å². The molecule has 2 aliphatic rings. The molecule has 5 rings (SSSR count). The van der Waals surface area contributed by atoms with E-state index >= 15 is 0 Å². The van der Waals surface area contributed by atoms with Crippen molar-refractivity contribution >= 4 is 41.8 Å². The molecule has 0 aromatic heterocycles. The second-order valence-corrected chi connectivity index (χ2v) is 19.5. The number of fused-ring (bicyclic) bond motifs is 3. The molecule has 368 valence electrons. The van der Waals surface area contributed by atoms with Crippen molar-refractivity contribution in [3.8, 4) is 11.1 Å². The maximum absolute atomic E-state index is 14.5. The van der Waals surface area contributed by atoms with Gasteiger partial charge in [-0.1, -0.05) is 78.9 Å². The number of esters is 2. The molecule has 4 atom stereocenters. The molecule has 17 nitrogen and oxygen atoms in total. The lowest BCUT2D eigenvalue weighted by molar-refractivity contribution is -0.166. The maximum Gasteiger partial charge on any atom is 0.407 e. The van der Waals surface area contributed by atoms with Gasteiger partial charge in [0.15, 0.2) is 0 Å². The minimum Gasteiger partial charge on any atom is -0.460 e. The molecular formula is C51H67N5O12. The van der Waals surface area contributed by atoms with Crippen molar-refractivity contribution in [3.05, 3.63) is 95.6 Å². The first-order valence-corrected chi connectivity index (χ1v) is 23.2. The number of aliphatic hydroxyl groups excluding tert-OH is 1. The summed E-state index contributed by atoms with van der Waals surface area (Å²) in [7, 11) is 0. The van der Waals surface area contributed by atoms with Gasteiger partial charge >= 0.3 is 24.1 Å². The summed E-state index contributed by atoms with van der Waals surface area (Å²) < 4.78 is 22.4. The number of aliphatic hydroxyl groups is 1. The first kappa shape index (κ1) is 52.5. The van der Waals surface area contributed by atoms with E-state index in [0.717, 1.165) is 27.8 Å². The second kappa shape index (κ2) is 23.0. The van der Waals surface area contributed by atoms with Crippen LogP contribution in [0.2, 0.25) is 0 Å². The fraction of sp³-hybridized carbons (Fsp3) is 0.510. The largest absolute Gasteiger partial charge is 0.460 e. The molecule has 1 aliphatic heterocycles. The van der Waals surface area contributed by atoms with E-state index in [-0.39, 0.29) is 32.0 Å². The first-order valence-electron chi connectivity index (χ1n) is 23.2. The van der Waals surface area contributed by atoms with Gasteiger partial charge in [0.05, 0.1) is 13.0 Å². The van der Waals surface area contributed by atoms with Crippen LogP contribution in [-0.2, 0) is 48.5 Å². The van der Waals surface area contributed by atoms with Gasteiger partial charge in [0.25, 0.3) is 0 Å². The molecule has 17 heteroatoms. The minimum absolute atomic E-state index is 0.0318. The molecule has 0 radical (unpaired) electrons. The summed E-state index contributed by atoms with van der Waals surface area (Å²) in [5.74, 6) is -4.33. The molecule has 0 bridgehead atoms. The van der Waals surface area contributed by atoms with E-state index < -0.39 is 95.8 Å². The van der Waals surface area contributed by atoms with Crippen molar-refractivity contribution in [2.24, 2.45) is 0 Å². The Morgan fingerprint density at radius 1 is 0.676 bits per heavy atom. The van der Waals surface area contributed by atoms with Crippen LogP contribution in [0.1, 0.15) is 117 Å². The van der Waals surface area contributed by atoms with E-state index in [1.165, 1.54) is 4.90 Å². The number of hydrogen-bond donors (Lipinski definition) is 5. The van der Waals surface area contributed by atoms with Crippen LogP contribution in [0, 0.1) is 0 Å². The maximum atomic E-state index is 14.5. The van der Waals surface area contributed by atoms with Crippen LogP contribution < -0.4 is 21.3 Å². The van der Waals surface area contributed by atoms with Crippen molar-refractivity contribution in [1.82, 2.24) is 26.2 Å². The Balaban J connectivity index is 1.31. The van der Waals surface area contributed by atoms with E-state index in [9.17, 15) is 38.7 Å². The van der Waals surface area contributed by atoms with Crippen molar-refractivity contribution < 1.29 is 57.6 Å². The Bertz CT molecular complexity index is 2230. The van der Waals surface area contributed by atoms with E-state index in [4.69, 9.17) is 18.9 Å². The van der Waals surface area contributed by atoms with Gasteiger partial charge in [-0.05, 0) is 115 Å². The van der Waals surface area contributed by atoms with Gasteiger partial charge in [0.2, 0.25) is 17.7 Å². The number of amides is 5. The Morgan fingerprint density at radius 2 is 1.25 bits per heavy atom. The third kappa shape index (κ3) is 14.8. The van der Waals surface area contributed by atoms with Crippen LogP contribution in [0.15, 0.2) is 78.9 Å². The predicted octanol–water partition coefficient (Wildman–Crippen LogP) is 5.75. The second-order valence-electron chi connectivity index (χ2n) is 19.5.